The third-order valence-corrected chi connectivity index (χ3v) is 3.84. The van der Waals surface area contributed by atoms with E-state index in [1.807, 2.05) is 25.1 Å². The molecular weight excluding hydrogens is 339 g/mol. The van der Waals surface area contributed by atoms with Gasteiger partial charge in [0.1, 0.15) is 0 Å². The lowest BCUT2D eigenvalue weighted by molar-refractivity contribution is 0.0996. The molecule has 0 unspecified atom stereocenters. The lowest BCUT2D eigenvalue weighted by Gasteiger charge is -2.12. The van der Waals surface area contributed by atoms with Crippen molar-refractivity contribution >= 4 is 52.0 Å². The van der Waals surface area contributed by atoms with Gasteiger partial charge in [0, 0.05) is 10.6 Å². The first-order chi connectivity index (χ1) is 10.5. The quantitative estimate of drug-likeness (QED) is 0.629. The summed E-state index contributed by atoms with van der Waals surface area (Å²) in [5.41, 5.74) is 2.21. The number of anilines is 1. The number of carbonyl (C=O) groups excluding carboxylic acids is 1. The largest absolute Gasteiger partial charge is 0.355 e. The number of carbonyl (C=O) groups is 1. The third-order valence-electron chi connectivity index (χ3n) is 3.03. The van der Waals surface area contributed by atoms with E-state index in [4.69, 9.17) is 35.4 Å². The topological polar surface area (TPSA) is 41.1 Å². The molecule has 3 nitrogen and oxygen atoms in total. The van der Waals surface area contributed by atoms with Crippen LogP contribution in [0.15, 0.2) is 42.5 Å². The Morgan fingerprint density at radius 2 is 1.91 bits per heavy atom. The normalized spacial score (nSPS) is 10.1. The summed E-state index contributed by atoms with van der Waals surface area (Å²) in [6, 6.07) is 12.5. The second kappa shape index (κ2) is 7.58. The molecule has 0 fully saturated rings. The Labute approximate surface area is 144 Å². The predicted octanol–water partition coefficient (Wildman–Crippen LogP) is 4.47. The number of rotatable bonds is 4. The van der Waals surface area contributed by atoms with Crippen LogP contribution in [0.4, 0.5) is 5.69 Å². The number of aryl methyl sites for hydroxylation is 1. The minimum Gasteiger partial charge on any atom is -0.355 e. The van der Waals surface area contributed by atoms with Crippen molar-refractivity contribution in [2.75, 3.05) is 11.9 Å². The van der Waals surface area contributed by atoms with Gasteiger partial charge in [-0.3, -0.25) is 4.79 Å². The fraction of sp³-hybridized carbons (Fsp3) is 0.125. The van der Waals surface area contributed by atoms with Crippen LogP contribution in [-0.4, -0.2) is 17.4 Å². The molecule has 114 valence electrons. The Morgan fingerprint density at radius 3 is 2.64 bits per heavy atom. The average Bonchev–Trinajstić information content (AvgIpc) is 2.49. The molecule has 2 aromatic rings. The summed E-state index contributed by atoms with van der Waals surface area (Å²) < 4.78 is 0. The molecule has 0 bridgehead atoms. The first kappa shape index (κ1) is 16.7. The zero-order chi connectivity index (χ0) is 16.1. The molecule has 0 amide bonds. The molecule has 0 spiro atoms. The average molecular weight is 353 g/mol. The van der Waals surface area contributed by atoms with Crippen LogP contribution in [0, 0.1) is 6.92 Å². The van der Waals surface area contributed by atoms with Crippen LogP contribution in [-0.2, 0) is 0 Å². The van der Waals surface area contributed by atoms with Crippen molar-refractivity contribution in [3.05, 3.63) is 63.6 Å². The second-order valence-corrected chi connectivity index (χ2v) is 5.92. The van der Waals surface area contributed by atoms with Crippen molar-refractivity contribution < 1.29 is 4.79 Å². The highest BCUT2D eigenvalue weighted by molar-refractivity contribution is 7.80. The van der Waals surface area contributed by atoms with Gasteiger partial charge in [-0.05, 0) is 42.9 Å². The van der Waals surface area contributed by atoms with E-state index in [9.17, 15) is 4.79 Å². The SMILES string of the molecule is Cc1ccccc1C(=O)CNC(=S)Nc1cc(Cl)ccc1Cl. The number of nitrogens with one attached hydrogen (secondary N) is 2. The van der Waals surface area contributed by atoms with Crippen molar-refractivity contribution in [3.63, 3.8) is 0 Å². The third kappa shape index (κ3) is 4.44. The summed E-state index contributed by atoms with van der Waals surface area (Å²) in [5.74, 6) is -0.0283. The number of ketones is 1. The lowest BCUT2D eigenvalue weighted by Crippen LogP contribution is -2.33. The minimum atomic E-state index is -0.0283. The Kier molecular flexibility index (Phi) is 5.77. The minimum absolute atomic E-state index is 0.0283. The highest BCUT2D eigenvalue weighted by Crippen LogP contribution is 2.25. The van der Waals surface area contributed by atoms with Crippen LogP contribution in [0.3, 0.4) is 0 Å². The van der Waals surface area contributed by atoms with Crippen molar-refractivity contribution in [2.45, 2.75) is 6.92 Å². The number of benzene rings is 2. The first-order valence-corrected chi connectivity index (χ1v) is 7.72. The molecule has 0 aromatic heterocycles. The highest BCUT2D eigenvalue weighted by atomic mass is 35.5. The molecule has 0 aliphatic rings. The number of halogens is 2. The maximum absolute atomic E-state index is 12.1. The molecule has 2 rings (SSSR count). The number of hydrogen-bond donors (Lipinski definition) is 2. The first-order valence-electron chi connectivity index (χ1n) is 6.56. The van der Waals surface area contributed by atoms with Gasteiger partial charge in [-0.25, -0.2) is 0 Å². The summed E-state index contributed by atoms with van der Waals surface area (Å²) in [7, 11) is 0. The van der Waals surface area contributed by atoms with Crippen molar-refractivity contribution in [1.82, 2.24) is 5.32 Å². The van der Waals surface area contributed by atoms with Gasteiger partial charge in [0.05, 0.1) is 17.3 Å². The Balaban J connectivity index is 1.94. The zero-order valence-corrected chi connectivity index (χ0v) is 14.1. The Morgan fingerprint density at radius 1 is 1.18 bits per heavy atom. The van der Waals surface area contributed by atoms with E-state index in [1.165, 1.54) is 0 Å². The number of thiocarbonyl (C=S) groups is 1. The maximum Gasteiger partial charge on any atom is 0.182 e. The van der Waals surface area contributed by atoms with Gasteiger partial charge >= 0.3 is 0 Å². The second-order valence-electron chi connectivity index (χ2n) is 4.67. The Hall–Kier alpha value is -1.62. The zero-order valence-electron chi connectivity index (χ0n) is 11.8. The van der Waals surface area contributed by atoms with Gasteiger partial charge < -0.3 is 10.6 Å². The van der Waals surface area contributed by atoms with E-state index in [-0.39, 0.29) is 12.3 Å². The number of hydrogen-bond acceptors (Lipinski definition) is 2. The molecule has 22 heavy (non-hydrogen) atoms. The highest BCUT2D eigenvalue weighted by Gasteiger charge is 2.09. The standard InChI is InChI=1S/C16H14Cl2N2OS/c1-10-4-2-3-5-12(10)15(21)9-19-16(22)20-14-8-11(17)6-7-13(14)18/h2-8H,9H2,1H3,(H2,19,20,22). The van der Waals surface area contributed by atoms with Crippen LogP contribution in [0.1, 0.15) is 15.9 Å². The molecule has 0 aliphatic heterocycles. The van der Waals surface area contributed by atoms with Gasteiger partial charge in [-0.2, -0.15) is 0 Å². The fourth-order valence-corrected chi connectivity index (χ4v) is 2.42. The summed E-state index contributed by atoms with van der Waals surface area (Å²) in [5, 5.41) is 7.15. The van der Waals surface area contributed by atoms with Crippen molar-refractivity contribution in [2.24, 2.45) is 0 Å². The van der Waals surface area contributed by atoms with Gasteiger partial charge in [0.15, 0.2) is 10.9 Å². The van der Waals surface area contributed by atoms with E-state index in [0.29, 0.717) is 26.4 Å². The van der Waals surface area contributed by atoms with Crippen LogP contribution in [0.2, 0.25) is 10.0 Å². The van der Waals surface area contributed by atoms with Gasteiger partial charge in [-0.1, -0.05) is 47.5 Å². The fourth-order valence-electron chi connectivity index (χ4n) is 1.90. The molecule has 0 saturated heterocycles. The summed E-state index contributed by atoms with van der Waals surface area (Å²) in [4.78, 5) is 12.1. The van der Waals surface area contributed by atoms with Crippen LogP contribution < -0.4 is 10.6 Å². The number of Topliss-reactive ketones (excluding diaryl/α,β-unsaturated/α-hetero) is 1. The van der Waals surface area contributed by atoms with E-state index >= 15 is 0 Å². The van der Waals surface area contributed by atoms with Crippen LogP contribution >= 0.6 is 35.4 Å². The molecule has 0 saturated carbocycles. The van der Waals surface area contributed by atoms with Crippen LogP contribution in [0.5, 0.6) is 0 Å². The molecule has 2 aromatic carbocycles. The van der Waals surface area contributed by atoms with Gasteiger partial charge in [0.2, 0.25) is 0 Å². The summed E-state index contributed by atoms with van der Waals surface area (Å²) in [6.07, 6.45) is 0. The van der Waals surface area contributed by atoms with Gasteiger partial charge in [-0.15, -0.1) is 0 Å². The van der Waals surface area contributed by atoms with E-state index in [2.05, 4.69) is 10.6 Å². The molecule has 0 heterocycles. The maximum atomic E-state index is 12.1. The molecule has 0 atom stereocenters. The summed E-state index contributed by atoms with van der Waals surface area (Å²) >= 11 is 17.1. The molecule has 2 N–H and O–H groups in total. The van der Waals surface area contributed by atoms with E-state index < -0.39 is 0 Å². The molecular formula is C16H14Cl2N2OS. The van der Waals surface area contributed by atoms with Crippen molar-refractivity contribution in [1.29, 1.82) is 0 Å². The van der Waals surface area contributed by atoms with Crippen molar-refractivity contribution in [3.8, 4) is 0 Å². The molecule has 0 radical (unpaired) electrons. The predicted molar refractivity (Wildman–Crippen MR) is 96.2 cm³/mol. The van der Waals surface area contributed by atoms with Crippen LogP contribution in [0.25, 0.3) is 0 Å². The smallest absolute Gasteiger partial charge is 0.182 e. The lowest BCUT2D eigenvalue weighted by atomic mass is 10.1. The van der Waals surface area contributed by atoms with Gasteiger partial charge in [0.25, 0.3) is 0 Å². The van der Waals surface area contributed by atoms with E-state index in [0.717, 1.165) is 5.56 Å². The monoisotopic (exact) mass is 352 g/mol. The Bertz CT molecular complexity index is 719. The molecule has 0 aliphatic carbocycles. The van der Waals surface area contributed by atoms with E-state index in [1.54, 1.807) is 24.3 Å². The molecule has 6 heteroatoms. The summed E-state index contributed by atoms with van der Waals surface area (Å²) in [6.45, 7) is 2.00.